The molecule has 1 aromatic carbocycles. The third-order valence-electron chi connectivity index (χ3n) is 2.88. The Labute approximate surface area is 134 Å². The Balaban J connectivity index is 2.39. The van der Waals surface area contributed by atoms with Crippen molar-refractivity contribution in [2.75, 3.05) is 12.4 Å². The van der Waals surface area contributed by atoms with Crippen molar-refractivity contribution in [1.82, 2.24) is 0 Å². The summed E-state index contributed by atoms with van der Waals surface area (Å²) in [4.78, 5) is 0. The molecular weight excluding hydrogens is 364 g/mol. The molecule has 0 aliphatic rings. The average molecular weight is 384 g/mol. The lowest BCUT2D eigenvalue weighted by molar-refractivity contribution is 0.302. The third-order valence-corrected chi connectivity index (χ3v) is 4.62. The Kier molecular flexibility index (Phi) is 7.34. The zero-order chi connectivity index (χ0) is 15.2. The quantitative estimate of drug-likeness (QED) is 0.483. The molecule has 20 heavy (non-hydrogen) atoms. The van der Waals surface area contributed by atoms with E-state index in [1.54, 1.807) is 0 Å². The van der Waals surface area contributed by atoms with Crippen LogP contribution in [0.15, 0.2) is 22.7 Å². The van der Waals surface area contributed by atoms with Crippen LogP contribution in [0.2, 0.25) is 0 Å². The molecule has 0 radical (unpaired) electrons. The number of hydrogen-bond donors (Lipinski definition) is 0. The Bertz CT molecular complexity index is 529. The molecule has 1 aromatic rings. The van der Waals surface area contributed by atoms with Crippen LogP contribution in [-0.4, -0.2) is 20.8 Å². The fourth-order valence-electron chi connectivity index (χ4n) is 1.84. The van der Waals surface area contributed by atoms with Crippen molar-refractivity contribution in [2.45, 2.75) is 39.0 Å². The van der Waals surface area contributed by atoms with Gasteiger partial charge in [-0.2, -0.15) is 0 Å². The highest BCUT2D eigenvalue weighted by molar-refractivity contribution is 9.10. The Morgan fingerprint density at radius 3 is 2.55 bits per heavy atom. The molecule has 0 aliphatic heterocycles. The molecule has 0 saturated carbocycles. The summed E-state index contributed by atoms with van der Waals surface area (Å²) in [6.07, 6.45) is 2.19. The van der Waals surface area contributed by atoms with Crippen LogP contribution >= 0.6 is 26.6 Å². The predicted molar refractivity (Wildman–Crippen MR) is 87.2 cm³/mol. The number of hydrogen-bond acceptors (Lipinski definition) is 3. The van der Waals surface area contributed by atoms with Crippen molar-refractivity contribution in [1.29, 1.82) is 0 Å². The second-order valence-corrected chi connectivity index (χ2v) is 8.80. The molecule has 0 amide bonds. The number of unbranched alkanes of at least 4 members (excludes halogenated alkanes) is 2. The van der Waals surface area contributed by atoms with Crippen LogP contribution in [-0.2, 0) is 9.05 Å². The first-order valence-corrected chi connectivity index (χ1v) is 9.91. The van der Waals surface area contributed by atoms with E-state index in [1.807, 2.05) is 12.1 Å². The lowest BCUT2D eigenvalue weighted by Crippen LogP contribution is -2.03. The van der Waals surface area contributed by atoms with Gasteiger partial charge in [-0.15, -0.1) is 0 Å². The Hall–Kier alpha value is -0.260. The number of ether oxygens (including phenoxy) is 1. The van der Waals surface area contributed by atoms with Crippen LogP contribution in [0.25, 0.3) is 0 Å². The van der Waals surface area contributed by atoms with Gasteiger partial charge in [-0.3, -0.25) is 0 Å². The molecule has 0 heterocycles. The lowest BCUT2D eigenvalue weighted by Gasteiger charge is -2.14. The van der Waals surface area contributed by atoms with Gasteiger partial charge in [0.05, 0.1) is 12.4 Å². The zero-order valence-corrected chi connectivity index (χ0v) is 14.9. The van der Waals surface area contributed by atoms with Gasteiger partial charge in [0.2, 0.25) is 9.05 Å². The molecule has 0 fully saturated rings. The molecule has 0 aromatic heterocycles. The van der Waals surface area contributed by atoms with Gasteiger partial charge in [0.1, 0.15) is 5.75 Å². The van der Waals surface area contributed by atoms with E-state index >= 15 is 0 Å². The van der Waals surface area contributed by atoms with Gasteiger partial charge in [0, 0.05) is 15.2 Å². The van der Waals surface area contributed by atoms with E-state index in [9.17, 15) is 8.42 Å². The molecule has 6 heteroatoms. The van der Waals surface area contributed by atoms with Crippen molar-refractivity contribution in [2.24, 2.45) is 0 Å². The van der Waals surface area contributed by atoms with Gasteiger partial charge in [0.15, 0.2) is 0 Å². The van der Waals surface area contributed by atoms with E-state index in [-0.39, 0.29) is 5.75 Å². The molecule has 3 nitrogen and oxygen atoms in total. The molecule has 0 aliphatic carbocycles. The second-order valence-electron chi connectivity index (χ2n) is 4.99. The number of rotatable bonds is 8. The van der Waals surface area contributed by atoms with Crippen LogP contribution in [0, 0.1) is 0 Å². The summed E-state index contributed by atoms with van der Waals surface area (Å²) in [5, 5.41) is 0. The van der Waals surface area contributed by atoms with E-state index in [1.165, 1.54) is 5.56 Å². The Morgan fingerprint density at radius 1 is 1.25 bits per heavy atom. The highest BCUT2D eigenvalue weighted by Gasteiger charge is 2.09. The van der Waals surface area contributed by atoms with E-state index < -0.39 is 9.05 Å². The van der Waals surface area contributed by atoms with Crippen molar-refractivity contribution < 1.29 is 13.2 Å². The van der Waals surface area contributed by atoms with Crippen LogP contribution in [0.5, 0.6) is 5.75 Å². The molecular formula is C14H20BrClO3S. The van der Waals surface area contributed by atoms with Crippen molar-refractivity contribution in [3.63, 3.8) is 0 Å². The first-order valence-electron chi connectivity index (χ1n) is 6.64. The Morgan fingerprint density at radius 2 is 1.95 bits per heavy atom. The van der Waals surface area contributed by atoms with Gasteiger partial charge in [-0.25, -0.2) is 8.42 Å². The van der Waals surface area contributed by atoms with E-state index in [2.05, 4.69) is 35.8 Å². The van der Waals surface area contributed by atoms with E-state index in [0.717, 1.165) is 23.1 Å². The van der Waals surface area contributed by atoms with E-state index in [0.29, 0.717) is 18.9 Å². The van der Waals surface area contributed by atoms with Gasteiger partial charge in [-0.05, 0) is 48.9 Å². The summed E-state index contributed by atoms with van der Waals surface area (Å²) in [6.45, 7) is 4.84. The summed E-state index contributed by atoms with van der Waals surface area (Å²) < 4.78 is 28.4. The minimum Gasteiger partial charge on any atom is -0.493 e. The molecule has 114 valence electrons. The summed E-state index contributed by atoms with van der Waals surface area (Å²) >= 11 is 3.46. The number of halogens is 2. The zero-order valence-electron chi connectivity index (χ0n) is 11.7. The third kappa shape index (κ3) is 6.95. The predicted octanol–water partition coefficient (Wildman–Crippen LogP) is 4.69. The first kappa shape index (κ1) is 17.8. The SMILES string of the molecule is CC(C)c1cc(Br)ccc1OCCCCCS(=O)(=O)Cl. The highest BCUT2D eigenvalue weighted by Crippen LogP contribution is 2.29. The maximum absolute atomic E-state index is 10.8. The average Bonchev–Trinajstić information content (AvgIpc) is 2.33. The fourth-order valence-corrected chi connectivity index (χ4v) is 3.09. The molecule has 0 N–H and O–H groups in total. The number of benzene rings is 1. The molecule has 0 bridgehead atoms. The summed E-state index contributed by atoms with van der Waals surface area (Å²) in [5.41, 5.74) is 1.17. The van der Waals surface area contributed by atoms with Gasteiger partial charge >= 0.3 is 0 Å². The minimum atomic E-state index is -3.36. The van der Waals surface area contributed by atoms with Crippen molar-refractivity contribution in [3.05, 3.63) is 28.2 Å². The standard InChI is InChI=1S/C14H20BrClO3S/c1-11(2)13-10-12(15)6-7-14(13)19-8-4-3-5-9-20(16,17)18/h6-7,10-11H,3-5,8-9H2,1-2H3. The topological polar surface area (TPSA) is 43.4 Å². The van der Waals surface area contributed by atoms with Gasteiger partial charge in [-0.1, -0.05) is 29.8 Å². The monoisotopic (exact) mass is 382 g/mol. The van der Waals surface area contributed by atoms with Gasteiger partial charge < -0.3 is 4.74 Å². The van der Waals surface area contributed by atoms with Crippen LogP contribution < -0.4 is 4.74 Å². The maximum atomic E-state index is 10.8. The van der Waals surface area contributed by atoms with Gasteiger partial charge in [0.25, 0.3) is 0 Å². The smallest absolute Gasteiger partial charge is 0.232 e. The molecule has 0 atom stereocenters. The summed E-state index contributed by atoms with van der Waals surface area (Å²) in [6, 6.07) is 5.99. The normalized spacial score (nSPS) is 11.8. The minimum absolute atomic E-state index is 0.0318. The molecule has 0 saturated heterocycles. The summed E-state index contributed by atoms with van der Waals surface area (Å²) in [5.74, 6) is 1.32. The van der Waals surface area contributed by atoms with Crippen LogP contribution in [0.4, 0.5) is 0 Å². The first-order chi connectivity index (χ1) is 9.29. The van der Waals surface area contributed by atoms with E-state index in [4.69, 9.17) is 15.4 Å². The van der Waals surface area contributed by atoms with Crippen LogP contribution in [0.3, 0.4) is 0 Å². The molecule has 0 unspecified atom stereocenters. The molecule has 0 spiro atoms. The fraction of sp³-hybridized carbons (Fsp3) is 0.571. The van der Waals surface area contributed by atoms with Crippen LogP contribution in [0.1, 0.15) is 44.6 Å². The highest BCUT2D eigenvalue weighted by atomic mass is 79.9. The largest absolute Gasteiger partial charge is 0.493 e. The van der Waals surface area contributed by atoms with Crippen molar-refractivity contribution >= 4 is 35.7 Å². The summed E-state index contributed by atoms with van der Waals surface area (Å²) in [7, 11) is 1.79. The lowest BCUT2D eigenvalue weighted by atomic mass is 10.0. The second kappa shape index (κ2) is 8.25. The van der Waals surface area contributed by atoms with Crippen molar-refractivity contribution in [3.8, 4) is 5.75 Å². The maximum Gasteiger partial charge on any atom is 0.232 e. The molecule has 1 rings (SSSR count).